The summed E-state index contributed by atoms with van der Waals surface area (Å²) in [5.41, 5.74) is 5.18. The summed E-state index contributed by atoms with van der Waals surface area (Å²) in [5.74, 6) is -0.643. The van der Waals surface area contributed by atoms with Crippen molar-refractivity contribution in [3.05, 3.63) is 81.7 Å². The zero-order chi connectivity index (χ0) is 28.2. The summed E-state index contributed by atoms with van der Waals surface area (Å²) in [6, 6.07) is 16.1. The monoisotopic (exact) mass is 786 g/mol. The molecule has 0 spiro atoms. The molecule has 1 aromatic heterocycles. The highest BCUT2D eigenvalue weighted by Crippen LogP contribution is 2.42. The Labute approximate surface area is 266 Å². The maximum Gasteiger partial charge on any atom is 0.339 e. The lowest BCUT2D eigenvalue weighted by atomic mass is 9.80. The molecular weight excluding hydrogens is 754 g/mol. The van der Waals surface area contributed by atoms with Crippen LogP contribution in [0.5, 0.6) is 0 Å². The summed E-state index contributed by atoms with van der Waals surface area (Å²) in [6.45, 7) is 2.15. The molecule has 0 bridgehead atoms. The minimum atomic E-state index is -0.993. The van der Waals surface area contributed by atoms with Crippen LogP contribution in [0.15, 0.2) is 53.9 Å². The second-order valence-corrected chi connectivity index (χ2v) is 13.2. The van der Waals surface area contributed by atoms with E-state index in [4.69, 9.17) is 9.47 Å². The number of carbonyl (C=O) groups excluding carboxylic acids is 1. The molecule has 2 atom stereocenters. The number of methoxy groups -OCH3 is 1. The number of aryl methyl sites for hydroxylation is 1. The Morgan fingerprint density at radius 2 is 1.77 bits per heavy atom. The summed E-state index contributed by atoms with van der Waals surface area (Å²) in [4.78, 5) is 26.0. The topological polar surface area (TPSA) is 79.3 Å². The molecule has 1 saturated heterocycles. The van der Waals surface area contributed by atoms with Crippen molar-refractivity contribution >= 4 is 79.6 Å². The molecule has 0 radical (unpaired) electrons. The van der Waals surface area contributed by atoms with Crippen molar-refractivity contribution in [2.45, 2.75) is 44.1 Å². The molecule has 10 heteroatoms. The number of fused-ring (bicyclic) bond motifs is 1. The van der Waals surface area contributed by atoms with Gasteiger partial charge in [0.15, 0.2) is 0 Å². The van der Waals surface area contributed by atoms with Crippen LogP contribution in [0.1, 0.15) is 62.6 Å². The zero-order valence-corrected chi connectivity index (χ0v) is 27.4. The molecule has 1 aliphatic heterocycles. The van der Waals surface area contributed by atoms with E-state index >= 15 is 0 Å². The van der Waals surface area contributed by atoms with Gasteiger partial charge in [0.25, 0.3) is 5.91 Å². The van der Waals surface area contributed by atoms with Gasteiger partial charge in [0.05, 0.1) is 63.9 Å². The Bertz CT molecular complexity index is 1340. The van der Waals surface area contributed by atoms with E-state index in [2.05, 4.69) is 44.2 Å². The van der Waals surface area contributed by atoms with Crippen LogP contribution >= 0.6 is 57.1 Å². The number of carbonyl (C=O) groups is 2. The summed E-state index contributed by atoms with van der Waals surface area (Å²) < 4.78 is 14.7. The lowest BCUT2D eigenvalue weighted by molar-refractivity contribution is 0.0469. The highest BCUT2D eigenvalue weighted by Gasteiger charge is 2.32. The predicted octanol–water partition coefficient (Wildman–Crippen LogP) is 7.31. The van der Waals surface area contributed by atoms with Gasteiger partial charge in [-0.15, -0.1) is 11.3 Å². The van der Waals surface area contributed by atoms with Crippen LogP contribution in [0.3, 0.4) is 0 Å². The van der Waals surface area contributed by atoms with Crippen molar-refractivity contribution in [3.8, 4) is 0 Å². The fourth-order valence-electron chi connectivity index (χ4n) is 5.79. The Morgan fingerprint density at radius 1 is 1.07 bits per heavy atom. The second kappa shape index (κ2) is 13.5. The molecule has 1 N–H and O–H groups in total. The van der Waals surface area contributed by atoms with Gasteiger partial charge in [-0.25, -0.2) is 7.91 Å². The largest absolute Gasteiger partial charge is 0.478 e. The standard InChI is InChI=1S/C30H32I2N2O5S/c1-38-17-26(20-12-14-39-15-13-20)33(31)24-10-8-21(9-11-24)28(35)34(32)29-27(30(36)37)25(18-40-29)23-7-6-19-4-2-3-5-22(19)16-23/h2-5,8-11,18,20,23,26H,6-7,12-17H2,1H3,(H,36,37). The van der Waals surface area contributed by atoms with Gasteiger partial charge in [-0.3, -0.25) is 4.79 Å². The van der Waals surface area contributed by atoms with E-state index in [0.717, 1.165) is 56.6 Å². The van der Waals surface area contributed by atoms with E-state index in [0.29, 0.717) is 23.1 Å². The number of halogens is 2. The molecule has 2 heterocycles. The second-order valence-electron chi connectivity index (χ2n) is 10.3. The third-order valence-corrected chi connectivity index (χ3v) is 11.5. The van der Waals surface area contributed by atoms with Gasteiger partial charge in [-0.2, -0.15) is 0 Å². The fourth-order valence-corrected chi connectivity index (χ4v) is 8.63. The molecule has 5 rings (SSSR count). The number of ether oxygens (including phenoxy) is 2. The van der Waals surface area contributed by atoms with Gasteiger partial charge in [-0.05, 0) is 90.3 Å². The molecular formula is C30H32I2N2O5S. The molecule has 1 amide bonds. The lowest BCUT2D eigenvalue weighted by Crippen LogP contribution is -2.40. The van der Waals surface area contributed by atoms with E-state index in [9.17, 15) is 14.7 Å². The normalized spacial score (nSPS) is 18.1. The number of carboxylic acids is 1. The zero-order valence-electron chi connectivity index (χ0n) is 22.2. The van der Waals surface area contributed by atoms with E-state index in [1.165, 1.54) is 25.6 Å². The third-order valence-electron chi connectivity index (χ3n) is 7.96. The van der Waals surface area contributed by atoms with Crippen LogP contribution in [-0.4, -0.2) is 50.0 Å². The smallest absolute Gasteiger partial charge is 0.339 e. The first-order valence-electron chi connectivity index (χ1n) is 13.4. The van der Waals surface area contributed by atoms with E-state index in [-0.39, 0.29) is 23.4 Å². The molecule has 1 fully saturated rings. The Balaban J connectivity index is 1.33. The molecule has 1 aliphatic carbocycles. The van der Waals surface area contributed by atoms with Crippen LogP contribution in [0.2, 0.25) is 0 Å². The molecule has 212 valence electrons. The number of aromatic carboxylic acids is 1. The SMILES string of the molecule is COCC(C1CCOCC1)N(I)c1ccc(C(=O)N(I)c2scc(C3CCc4ccccc4C3)c2C(=O)O)cc1. The van der Waals surface area contributed by atoms with Gasteiger partial charge in [-0.1, -0.05) is 24.3 Å². The number of amides is 1. The minimum absolute atomic E-state index is 0.121. The number of nitrogens with zero attached hydrogens (tertiary/aromatic N) is 2. The summed E-state index contributed by atoms with van der Waals surface area (Å²) in [6.07, 6.45) is 4.63. The number of carboxylic acid groups (broad SMARTS) is 1. The van der Waals surface area contributed by atoms with E-state index in [1.54, 1.807) is 7.11 Å². The number of benzene rings is 2. The average molecular weight is 786 g/mol. The Kier molecular flexibility index (Phi) is 10.0. The molecule has 2 unspecified atom stereocenters. The van der Waals surface area contributed by atoms with Crippen LogP contribution in [-0.2, 0) is 22.3 Å². The molecule has 2 aromatic carbocycles. The van der Waals surface area contributed by atoms with Gasteiger partial charge in [0.2, 0.25) is 0 Å². The average Bonchev–Trinajstić information content (AvgIpc) is 3.45. The highest BCUT2D eigenvalue weighted by molar-refractivity contribution is 14.1. The van der Waals surface area contributed by atoms with Crippen LogP contribution < -0.4 is 6.23 Å². The summed E-state index contributed by atoms with van der Waals surface area (Å²) >= 11 is 5.61. The van der Waals surface area contributed by atoms with Gasteiger partial charge >= 0.3 is 5.97 Å². The number of rotatable bonds is 9. The van der Waals surface area contributed by atoms with Crippen molar-refractivity contribution in [3.63, 3.8) is 0 Å². The number of anilines is 2. The fraction of sp³-hybridized carbons (Fsp3) is 0.400. The van der Waals surface area contributed by atoms with Crippen LogP contribution in [0, 0.1) is 5.92 Å². The summed E-state index contributed by atoms with van der Waals surface area (Å²) in [5, 5.41) is 12.6. The lowest BCUT2D eigenvalue weighted by Gasteiger charge is -2.36. The van der Waals surface area contributed by atoms with Crippen LogP contribution in [0.4, 0.5) is 10.7 Å². The molecule has 40 heavy (non-hydrogen) atoms. The molecule has 7 nitrogen and oxygen atoms in total. The quantitative estimate of drug-likeness (QED) is 0.181. The van der Waals surface area contributed by atoms with Crippen molar-refractivity contribution in [1.82, 2.24) is 0 Å². The number of hydrogen-bond donors (Lipinski definition) is 1. The van der Waals surface area contributed by atoms with Crippen LogP contribution in [0.25, 0.3) is 0 Å². The number of hydrogen-bond acceptors (Lipinski definition) is 6. The van der Waals surface area contributed by atoms with Gasteiger partial charge in [0.1, 0.15) is 5.00 Å². The molecule has 0 saturated carbocycles. The van der Waals surface area contributed by atoms with Gasteiger partial charge in [0, 0.05) is 31.6 Å². The minimum Gasteiger partial charge on any atom is -0.478 e. The summed E-state index contributed by atoms with van der Waals surface area (Å²) in [7, 11) is 1.72. The first-order valence-corrected chi connectivity index (χ1v) is 16.2. The predicted molar refractivity (Wildman–Crippen MR) is 175 cm³/mol. The van der Waals surface area contributed by atoms with Crippen molar-refractivity contribution in [2.75, 3.05) is 33.2 Å². The van der Waals surface area contributed by atoms with E-state index in [1.807, 2.05) is 58.6 Å². The van der Waals surface area contributed by atoms with E-state index < -0.39 is 5.97 Å². The van der Waals surface area contributed by atoms with Gasteiger partial charge < -0.3 is 17.7 Å². The maximum atomic E-state index is 13.5. The van der Waals surface area contributed by atoms with Crippen molar-refractivity contribution in [1.29, 1.82) is 0 Å². The van der Waals surface area contributed by atoms with Crippen molar-refractivity contribution < 1.29 is 24.2 Å². The molecule has 3 aromatic rings. The third kappa shape index (κ3) is 6.35. The molecule has 2 aliphatic rings. The first-order chi connectivity index (χ1) is 19.4. The first kappa shape index (κ1) is 29.7. The number of thiophene rings is 1. The Hall–Kier alpha value is -1.74. The highest BCUT2D eigenvalue weighted by atomic mass is 127. The maximum absolute atomic E-state index is 13.5. The van der Waals surface area contributed by atoms with Crippen molar-refractivity contribution in [2.24, 2.45) is 5.92 Å². The Morgan fingerprint density at radius 3 is 2.45 bits per heavy atom.